The molecule has 1 nitrogen and oxygen atoms in total. The molecule has 0 aliphatic carbocycles. The lowest BCUT2D eigenvalue weighted by Crippen LogP contribution is -1.76. The van der Waals surface area contributed by atoms with E-state index in [1.165, 1.54) is 32.1 Å². The fourth-order valence-electron chi connectivity index (χ4n) is 1.12. The van der Waals surface area contributed by atoms with Crippen molar-refractivity contribution in [2.75, 3.05) is 0 Å². The Kier molecular flexibility index (Phi) is 9.90. The smallest absolute Gasteiger partial charge is 0.202 e. The molecule has 0 bridgehead atoms. The summed E-state index contributed by atoms with van der Waals surface area (Å²) < 4.78 is 0. The monoisotopic (exact) mass is 167 g/mol. The average Bonchev–Trinajstić information content (AvgIpc) is 2.10. The molecule has 0 saturated heterocycles. The van der Waals surface area contributed by atoms with Crippen LogP contribution in [0.2, 0.25) is 0 Å². The lowest BCUT2D eigenvalue weighted by atomic mass is 10.1. The second kappa shape index (κ2) is 10.4. The van der Waals surface area contributed by atoms with Crippen molar-refractivity contribution < 1.29 is 4.79 Å². The van der Waals surface area contributed by atoms with Gasteiger partial charge in [0.1, 0.15) is 0 Å². The summed E-state index contributed by atoms with van der Waals surface area (Å²) in [6, 6.07) is 0. The number of hydrogen-bond acceptors (Lipinski definition) is 1. The van der Waals surface area contributed by atoms with E-state index in [-0.39, 0.29) is 0 Å². The van der Waals surface area contributed by atoms with Gasteiger partial charge in [0.05, 0.1) is 0 Å². The van der Waals surface area contributed by atoms with Crippen molar-refractivity contribution in [2.24, 2.45) is 0 Å². The van der Waals surface area contributed by atoms with E-state index in [0.29, 0.717) is 6.42 Å². The summed E-state index contributed by atoms with van der Waals surface area (Å²) in [5, 5.41) is 0. The molecule has 0 amide bonds. The largest absolute Gasteiger partial charge is 0.291 e. The van der Waals surface area contributed by atoms with Gasteiger partial charge in [-0.1, -0.05) is 44.8 Å². The summed E-state index contributed by atoms with van der Waals surface area (Å²) in [7, 11) is 0. The van der Waals surface area contributed by atoms with Crippen LogP contribution in [0, 0.1) is 0 Å². The minimum Gasteiger partial charge on any atom is -0.291 e. The maximum atomic E-state index is 9.80. The van der Waals surface area contributed by atoms with Gasteiger partial charge in [-0.25, -0.2) is 0 Å². The minimum absolute atomic E-state index is 0.453. The van der Waals surface area contributed by atoms with Gasteiger partial charge in [-0.2, -0.15) is 0 Å². The molecular formula is C11H19O. The van der Waals surface area contributed by atoms with Gasteiger partial charge in [-0.05, 0) is 12.8 Å². The SMILES string of the molecule is CCCCCCC/C=C/C[C]=O. The number of hydrogen-bond donors (Lipinski definition) is 0. The van der Waals surface area contributed by atoms with Gasteiger partial charge in [-0.15, -0.1) is 0 Å². The average molecular weight is 167 g/mol. The third-order valence-electron chi connectivity index (χ3n) is 1.84. The van der Waals surface area contributed by atoms with Gasteiger partial charge in [0.15, 0.2) is 0 Å². The Hall–Kier alpha value is -0.590. The molecule has 0 aromatic carbocycles. The zero-order valence-electron chi connectivity index (χ0n) is 8.01. The molecule has 0 aromatic rings. The maximum Gasteiger partial charge on any atom is 0.202 e. The zero-order chi connectivity index (χ0) is 9.07. The van der Waals surface area contributed by atoms with E-state index in [0.717, 1.165) is 6.42 Å². The highest BCUT2D eigenvalue weighted by Gasteiger charge is 1.85. The van der Waals surface area contributed by atoms with Crippen LogP contribution in [-0.4, -0.2) is 6.29 Å². The molecule has 0 saturated carbocycles. The van der Waals surface area contributed by atoms with Crippen LogP contribution < -0.4 is 0 Å². The topological polar surface area (TPSA) is 17.1 Å². The normalized spacial score (nSPS) is 10.8. The highest BCUT2D eigenvalue weighted by molar-refractivity contribution is 5.52. The second-order valence-corrected chi connectivity index (χ2v) is 3.02. The minimum atomic E-state index is 0.453. The molecule has 0 spiro atoms. The molecule has 12 heavy (non-hydrogen) atoms. The summed E-state index contributed by atoms with van der Waals surface area (Å²) in [6.07, 6.45) is 14.0. The fraction of sp³-hybridized carbons (Fsp3) is 0.727. The fourth-order valence-corrected chi connectivity index (χ4v) is 1.12. The predicted octanol–water partition coefficient (Wildman–Crippen LogP) is 3.40. The molecule has 0 aliphatic rings. The molecule has 0 unspecified atom stereocenters. The molecule has 0 heterocycles. The van der Waals surface area contributed by atoms with Crippen LogP contribution in [0.4, 0.5) is 0 Å². The first kappa shape index (κ1) is 11.4. The quantitative estimate of drug-likeness (QED) is 0.400. The van der Waals surface area contributed by atoms with Crippen LogP contribution in [0.1, 0.15) is 51.9 Å². The van der Waals surface area contributed by atoms with E-state index in [4.69, 9.17) is 0 Å². The molecule has 1 radical (unpaired) electrons. The first-order valence-corrected chi connectivity index (χ1v) is 4.91. The Morgan fingerprint density at radius 2 is 1.83 bits per heavy atom. The van der Waals surface area contributed by atoms with Crippen LogP contribution in [0.3, 0.4) is 0 Å². The summed E-state index contributed by atoms with van der Waals surface area (Å²) >= 11 is 0. The molecule has 0 atom stereocenters. The number of rotatable bonds is 8. The Balaban J connectivity index is 2.94. The molecule has 0 aromatic heterocycles. The Bertz CT molecular complexity index is 116. The molecule has 0 rings (SSSR count). The number of allylic oxidation sites excluding steroid dienone is 2. The highest BCUT2D eigenvalue weighted by atomic mass is 16.1. The summed E-state index contributed by atoms with van der Waals surface area (Å²) in [5.74, 6) is 0. The van der Waals surface area contributed by atoms with Gasteiger partial charge in [0.2, 0.25) is 6.29 Å². The first-order chi connectivity index (χ1) is 5.91. The van der Waals surface area contributed by atoms with Crippen molar-refractivity contribution in [3.8, 4) is 0 Å². The van der Waals surface area contributed by atoms with Gasteiger partial charge in [0, 0.05) is 6.42 Å². The third kappa shape index (κ3) is 9.41. The Morgan fingerprint density at radius 1 is 1.08 bits per heavy atom. The molecule has 0 fully saturated rings. The number of unbranched alkanes of at least 4 members (excludes halogenated alkanes) is 5. The van der Waals surface area contributed by atoms with Crippen molar-refractivity contribution >= 4 is 6.29 Å². The number of carbonyl (C=O) groups excluding carboxylic acids is 1. The Labute approximate surface area is 75.9 Å². The van der Waals surface area contributed by atoms with Gasteiger partial charge in [0.25, 0.3) is 0 Å². The summed E-state index contributed by atoms with van der Waals surface area (Å²) in [6.45, 7) is 2.22. The molecular weight excluding hydrogens is 148 g/mol. The van der Waals surface area contributed by atoms with Gasteiger partial charge < -0.3 is 0 Å². The molecule has 0 aliphatic heterocycles. The summed E-state index contributed by atoms with van der Waals surface area (Å²) in [5.41, 5.74) is 0. The lowest BCUT2D eigenvalue weighted by Gasteiger charge is -1.95. The van der Waals surface area contributed by atoms with Gasteiger partial charge in [-0.3, -0.25) is 4.79 Å². The van der Waals surface area contributed by atoms with E-state index in [9.17, 15) is 4.79 Å². The first-order valence-electron chi connectivity index (χ1n) is 4.91. The molecule has 0 N–H and O–H groups in total. The van der Waals surface area contributed by atoms with Crippen LogP contribution in [-0.2, 0) is 4.79 Å². The highest BCUT2D eigenvalue weighted by Crippen LogP contribution is 2.05. The van der Waals surface area contributed by atoms with Crippen LogP contribution in [0.25, 0.3) is 0 Å². The van der Waals surface area contributed by atoms with Crippen LogP contribution in [0.15, 0.2) is 12.2 Å². The lowest BCUT2D eigenvalue weighted by molar-refractivity contribution is 0.556. The van der Waals surface area contributed by atoms with E-state index in [1.807, 2.05) is 12.4 Å². The van der Waals surface area contributed by atoms with Crippen molar-refractivity contribution in [1.29, 1.82) is 0 Å². The van der Waals surface area contributed by atoms with Crippen molar-refractivity contribution in [2.45, 2.75) is 51.9 Å². The summed E-state index contributed by atoms with van der Waals surface area (Å²) in [4.78, 5) is 9.80. The standard InChI is InChI=1S/C11H19O/c1-2-3-4-5-6-7-8-9-10-11-12/h8-9H,2-7,10H2,1H3/b9-8+. The van der Waals surface area contributed by atoms with Crippen LogP contribution >= 0.6 is 0 Å². The second-order valence-electron chi connectivity index (χ2n) is 3.02. The van der Waals surface area contributed by atoms with Crippen molar-refractivity contribution in [3.05, 3.63) is 12.2 Å². The van der Waals surface area contributed by atoms with Crippen molar-refractivity contribution in [3.63, 3.8) is 0 Å². The van der Waals surface area contributed by atoms with Crippen LogP contribution in [0.5, 0.6) is 0 Å². The van der Waals surface area contributed by atoms with E-state index < -0.39 is 0 Å². The van der Waals surface area contributed by atoms with E-state index in [1.54, 1.807) is 0 Å². The van der Waals surface area contributed by atoms with Gasteiger partial charge >= 0.3 is 0 Å². The predicted molar refractivity (Wildman–Crippen MR) is 52.8 cm³/mol. The van der Waals surface area contributed by atoms with E-state index >= 15 is 0 Å². The molecule has 69 valence electrons. The molecule has 1 heteroatoms. The van der Waals surface area contributed by atoms with E-state index in [2.05, 4.69) is 13.0 Å². The van der Waals surface area contributed by atoms with Crippen molar-refractivity contribution in [1.82, 2.24) is 0 Å². The third-order valence-corrected chi connectivity index (χ3v) is 1.84. The zero-order valence-corrected chi connectivity index (χ0v) is 8.01. The Morgan fingerprint density at radius 3 is 2.50 bits per heavy atom. The maximum absolute atomic E-state index is 9.80.